The molecular weight excluding hydrogens is 184 g/mol. The van der Waals surface area contributed by atoms with Gasteiger partial charge in [-0.1, -0.05) is 0 Å². The summed E-state index contributed by atoms with van der Waals surface area (Å²) < 4.78 is 5.33. The van der Waals surface area contributed by atoms with Gasteiger partial charge in [0.25, 0.3) is 0 Å². The van der Waals surface area contributed by atoms with Gasteiger partial charge in [0.15, 0.2) is 10.5 Å². The summed E-state index contributed by atoms with van der Waals surface area (Å²) in [6.45, 7) is 1.50. The van der Waals surface area contributed by atoms with E-state index in [1.807, 2.05) is 0 Å². The van der Waals surface area contributed by atoms with Gasteiger partial charge >= 0.3 is 0 Å². The zero-order valence-corrected chi connectivity index (χ0v) is 6.44. The summed E-state index contributed by atoms with van der Waals surface area (Å²) in [5.41, 5.74) is 0.593. The number of hydrogen-bond donors (Lipinski definition) is 0. The second-order valence-electron chi connectivity index (χ2n) is 1.66. The Morgan fingerprint density at radius 1 is 1.78 bits per heavy atom. The van der Waals surface area contributed by atoms with Crippen molar-refractivity contribution in [3.63, 3.8) is 0 Å². The van der Waals surface area contributed by atoms with E-state index >= 15 is 0 Å². The minimum absolute atomic E-state index is 0.00984. The zero-order valence-electron chi connectivity index (χ0n) is 4.85. The van der Waals surface area contributed by atoms with E-state index in [0.29, 0.717) is 10.2 Å². The lowest BCUT2D eigenvalue weighted by atomic mass is 10.2. The third-order valence-corrected chi connectivity index (χ3v) is 1.61. The summed E-state index contributed by atoms with van der Waals surface area (Å²) in [6, 6.07) is 1.63. The molecule has 9 heavy (non-hydrogen) atoms. The van der Waals surface area contributed by atoms with Crippen LogP contribution in [-0.2, 0) is 0 Å². The SMILES string of the molecule is CC(=O)c1ccoc1Br. The Hall–Kier alpha value is -0.570. The van der Waals surface area contributed by atoms with E-state index in [1.54, 1.807) is 6.07 Å². The summed E-state index contributed by atoms with van der Waals surface area (Å²) in [5, 5.41) is 0. The predicted molar refractivity (Wildman–Crippen MR) is 36.4 cm³/mol. The van der Waals surface area contributed by atoms with E-state index in [9.17, 15) is 4.79 Å². The minimum atomic E-state index is 0.00984. The highest BCUT2D eigenvalue weighted by Gasteiger charge is 2.05. The van der Waals surface area contributed by atoms with Crippen molar-refractivity contribution in [1.29, 1.82) is 0 Å². The van der Waals surface area contributed by atoms with E-state index in [0.717, 1.165) is 0 Å². The highest BCUT2D eigenvalue weighted by atomic mass is 79.9. The van der Waals surface area contributed by atoms with E-state index in [4.69, 9.17) is 4.42 Å². The maximum Gasteiger partial charge on any atom is 0.179 e. The summed E-state index contributed by atoms with van der Waals surface area (Å²) in [4.78, 5) is 10.6. The number of rotatable bonds is 1. The molecule has 0 aliphatic carbocycles. The van der Waals surface area contributed by atoms with Crippen LogP contribution in [0.15, 0.2) is 21.4 Å². The maximum atomic E-state index is 10.6. The molecule has 0 spiro atoms. The molecule has 0 saturated heterocycles. The van der Waals surface area contributed by atoms with Gasteiger partial charge in [0.05, 0.1) is 11.8 Å². The van der Waals surface area contributed by atoms with E-state index < -0.39 is 0 Å². The Labute approximate surface area is 61.0 Å². The molecule has 0 saturated carbocycles. The van der Waals surface area contributed by atoms with Crippen LogP contribution in [0.1, 0.15) is 17.3 Å². The Kier molecular flexibility index (Phi) is 1.71. The second-order valence-corrected chi connectivity index (χ2v) is 2.38. The number of hydrogen-bond acceptors (Lipinski definition) is 2. The van der Waals surface area contributed by atoms with E-state index in [2.05, 4.69) is 15.9 Å². The number of furan rings is 1. The smallest absolute Gasteiger partial charge is 0.179 e. The molecule has 48 valence electrons. The van der Waals surface area contributed by atoms with Crippen LogP contribution in [0.25, 0.3) is 0 Å². The molecule has 0 bridgehead atoms. The van der Waals surface area contributed by atoms with Gasteiger partial charge in [0.2, 0.25) is 0 Å². The molecule has 0 fully saturated rings. The van der Waals surface area contributed by atoms with Crippen molar-refractivity contribution in [2.24, 2.45) is 0 Å². The monoisotopic (exact) mass is 188 g/mol. The van der Waals surface area contributed by atoms with Crippen LogP contribution in [-0.4, -0.2) is 5.78 Å². The lowest BCUT2D eigenvalue weighted by Crippen LogP contribution is -1.87. The lowest BCUT2D eigenvalue weighted by molar-refractivity contribution is 0.101. The lowest BCUT2D eigenvalue weighted by Gasteiger charge is -1.84. The molecular formula is C6H5BrO2. The number of halogens is 1. The molecule has 1 heterocycles. The Bertz CT molecular complexity index is 227. The first kappa shape index (κ1) is 6.55. The van der Waals surface area contributed by atoms with Crippen molar-refractivity contribution in [3.05, 3.63) is 22.6 Å². The molecule has 0 atom stereocenters. The Morgan fingerprint density at radius 2 is 2.44 bits per heavy atom. The van der Waals surface area contributed by atoms with Crippen LogP contribution in [0, 0.1) is 0 Å². The van der Waals surface area contributed by atoms with Crippen molar-refractivity contribution >= 4 is 21.7 Å². The molecule has 3 heteroatoms. The minimum Gasteiger partial charge on any atom is -0.457 e. The average molecular weight is 189 g/mol. The number of Topliss-reactive ketones (excluding diaryl/α,β-unsaturated/α-hetero) is 1. The zero-order chi connectivity index (χ0) is 6.85. The summed E-state index contributed by atoms with van der Waals surface area (Å²) in [7, 11) is 0. The highest BCUT2D eigenvalue weighted by Crippen LogP contribution is 2.17. The first-order chi connectivity index (χ1) is 4.22. The van der Waals surface area contributed by atoms with Gasteiger partial charge in [0, 0.05) is 0 Å². The molecule has 0 aliphatic heterocycles. The van der Waals surface area contributed by atoms with Crippen LogP contribution in [0.3, 0.4) is 0 Å². The molecule has 0 N–H and O–H groups in total. The summed E-state index contributed by atoms with van der Waals surface area (Å²) in [6.07, 6.45) is 1.47. The van der Waals surface area contributed by atoms with Crippen LogP contribution in [0.4, 0.5) is 0 Å². The van der Waals surface area contributed by atoms with Gasteiger partial charge in [-0.3, -0.25) is 4.79 Å². The van der Waals surface area contributed by atoms with Crippen LogP contribution >= 0.6 is 15.9 Å². The second kappa shape index (κ2) is 2.35. The highest BCUT2D eigenvalue weighted by molar-refractivity contribution is 9.10. The third-order valence-electron chi connectivity index (χ3n) is 0.997. The standard InChI is InChI=1S/C6H5BrO2/c1-4(8)5-2-3-9-6(5)7/h2-3H,1H3. The fourth-order valence-corrected chi connectivity index (χ4v) is 1.07. The van der Waals surface area contributed by atoms with E-state index in [1.165, 1.54) is 13.2 Å². The van der Waals surface area contributed by atoms with Crippen molar-refractivity contribution in [1.82, 2.24) is 0 Å². The van der Waals surface area contributed by atoms with Crippen LogP contribution < -0.4 is 0 Å². The summed E-state index contributed by atoms with van der Waals surface area (Å²) >= 11 is 3.08. The first-order valence-electron chi connectivity index (χ1n) is 2.45. The fraction of sp³-hybridized carbons (Fsp3) is 0.167. The molecule has 0 unspecified atom stereocenters. The molecule has 1 aromatic rings. The third kappa shape index (κ3) is 1.21. The van der Waals surface area contributed by atoms with Gasteiger partial charge in [-0.25, -0.2) is 0 Å². The van der Waals surface area contributed by atoms with Gasteiger partial charge in [-0.15, -0.1) is 0 Å². The van der Waals surface area contributed by atoms with Gasteiger partial charge in [-0.05, 0) is 28.9 Å². The van der Waals surface area contributed by atoms with Crippen LogP contribution in [0.2, 0.25) is 0 Å². The Balaban J connectivity index is 3.08. The molecule has 1 rings (SSSR count). The average Bonchev–Trinajstić information content (AvgIpc) is 2.13. The molecule has 0 amide bonds. The molecule has 2 nitrogen and oxygen atoms in total. The summed E-state index contributed by atoms with van der Waals surface area (Å²) in [5.74, 6) is 0.00984. The molecule has 0 aromatic carbocycles. The fourth-order valence-electron chi connectivity index (χ4n) is 0.547. The van der Waals surface area contributed by atoms with Gasteiger partial charge in [-0.2, -0.15) is 0 Å². The molecule has 1 aromatic heterocycles. The maximum absolute atomic E-state index is 10.6. The number of carbonyl (C=O) groups excluding carboxylic acids is 1. The predicted octanol–water partition coefficient (Wildman–Crippen LogP) is 2.24. The van der Waals surface area contributed by atoms with Crippen LogP contribution in [0.5, 0.6) is 0 Å². The first-order valence-corrected chi connectivity index (χ1v) is 3.25. The largest absolute Gasteiger partial charge is 0.457 e. The Morgan fingerprint density at radius 3 is 2.67 bits per heavy atom. The van der Waals surface area contributed by atoms with E-state index in [-0.39, 0.29) is 5.78 Å². The number of carbonyl (C=O) groups is 1. The van der Waals surface area contributed by atoms with Crippen molar-refractivity contribution in [2.75, 3.05) is 0 Å². The molecule has 0 aliphatic rings. The van der Waals surface area contributed by atoms with Crippen molar-refractivity contribution < 1.29 is 9.21 Å². The van der Waals surface area contributed by atoms with Crippen molar-refractivity contribution in [3.8, 4) is 0 Å². The van der Waals surface area contributed by atoms with Crippen molar-refractivity contribution in [2.45, 2.75) is 6.92 Å². The van der Waals surface area contributed by atoms with Gasteiger partial charge < -0.3 is 4.42 Å². The molecule has 0 radical (unpaired) electrons. The topological polar surface area (TPSA) is 30.2 Å². The quantitative estimate of drug-likeness (QED) is 0.634. The van der Waals surface area contributed by atoms with Gasteiger partial charge in [0.1, 0.15) is 0 Å². The number of ketones is 1. The normalized spacial score (nSPS) is 9.56.